The van der Waals surface area contributed by atoms with Crippen LogP contribution in [0.4, 0.5) is 5.69 Å². The van der Waals surface area contributed by atoms with Gasteiger partial charge in [0, 0.05) is 13.0 Å². The number of rotatable bonds is 9. The first kappa shape index (κ1) is 25.8. The molecule has 0 unspecified atom stereocenters. The molecule has 0 radical (unpaired) electrons. The lowest BCUT2D eigenvalue weighted by Crippen LogP contribution is -2.38. The maximum Gasteiger partial charge on any atom is 0.337 e. The standard InChI is InChI=1S/C29H30N2O6/c1-19(32)30-21-8-12-23(13-9-21)37-25-16-14-24(15-17-25)36-22-10-6-20(7-11-22)18-28(33)31-27-5-3-2-4-26(27)29(34)35/h2-7,10-11,14-17,21,23H,8-9,12-13,18H2,1H3,(H,30,32)(H,31,33)(H,34,35). The van der Waals surface area contributed by atoms with Crippen molar-refractivity contribution in [3.05, 3.63) is 83.9 Å². The number of ether oxygens (including phenoxy) is 2. The van der Waals surface area contributed by atoms with Gasteiger partial charge in [-0.15, -0.1) is 0 Å². The van der Waals surface area contributed by atoms with Gasteiger partial charge in [-0.2, -0.15) is 0 Å². The van der Waals surface area contributed by atoms with E-state index in [-0.39, 0.29) is 41.6 Å². The molecule has 8 nitrogen and oxygen atoms in total. The number of hydrogen-bond donors (Lipinski definition) is 3. The van der Waals surface area contributed by atoms with Crippen LogP contribution >= 0.6 is 0 Å². The first-order chi connectivity index (χ1) is 17.9. The smallest absolute Gasteiger partial charge is 0.337 e. The van der Waals surface area contributed by atoms with Crippen LogP contribution in [0, 0.1) is 0 Å². The molecule has 0 bridgehead atoms. The van der Waals surface area contributed by atoms with Gasteiger partial charge in [0.25, 0.3) is 0 Å². The predicted molar refractivity (Wildman–Crippen MR) is 139 cm³/mol. The Morgan fingerprint density at radius 1 is 0.838 bits per heavy atom. The molecule has 0 atom stereocenters. The minimum Gasteiger partial charge on any atom is -0.490 e. The van der Waals surface area contributed by atoms with E-state index in [4.69, 9.17) is 9.47 Å². The molecule has 3 aromatic rings. The molecular weight excluding hydrogens is 472 g/mol. The fourth-order valence-electron chi connectivity index (χ4n) is 4.36. The highest BCUT2D eigenvalue weighted by Crippen LogP contribution is 2.28. The van der Waals surface area contributed by atoms with E-state index in [0.29, 0.717) is 11.5 Å². The molecule has 0 aromatic heterocycles. The highest BCUT2D eigenvalue weighted by molar-refractivity contribution is 6.01. The number of aromatic carboxylic acids is 1. The van der Waals surface area contributed by atoms with Crippen LogP contribution < -0.4 is 20.1 Å². The average Bonchev–Trinajstić information content (AvgIpc) is 2.87. The van der Waals surface area contributed by atoms with Gasteiger partial charge in [-0.1, -0.05) is 24.3 Å². The number of carbonyl (C=O) groups is 3. The number of carboxylic acids is 1. The van der Waals surface area contributed by atoms with E-state index in [1.807, 2.05) is 24.3 Å². The summed E-state index contributed by atoms with van der Waals surface area (Å²) in [6.07, 6.45) is 3.88. The number of hydrogen-bond acceptors (Lipinski definition) is 5. The zero-order chi connectivity index (χ0) is 26.2. The third-order valence-corrected chi connectivity index (χ3v) is 6.16. The molecule has 1 aliphatic rings. The van der Waals surface area contributed by atoms with E-state index in [2.05, 4.69) is 10.6 Å². The third-order valence-electron chi connectivity index (χ3n) is 6.16. The lowest BCUT2D eigenvalue weighted by atomic mass is 9.93. The van der Waals surface area contributed by atoms with Crippen LogP contribution in [-0.4, -0.2) is 35.0 Å². The summed E-state index contributed by atoms with van der Waals surface area (Å²) in [6, 6.07) is 21.1. The first-order valence-electron chi connectivity index (χ1n) is 12.3. The Bertz CT molecular complexity index is 1230. The Labute approximate surface area is 215 Å². The van der Waals surface area contributed by atoms with Gasteiger partial charge in [-0.05, 0) is 79.8 Å². The first-order valence-corrected chi connectivity index (χ1v) is 12.3. The second-order valence-corrected chi connectivity index (χ2v) is 9.09. The maximum absolute atomic E-state index is 12.4. The molecule has 0 spiro atoms. The molecule has 0 aliphatic heterocycles. The van der Waals surface area contributed by atoms with Gasteiger partial charge in [0.15, 0.2) is 0 Å². The highest BCUT2D eigenvalue weighted by atomic mass is 16.5. The molecule has 2 amide bonds. The highest BCUT2D eigenvalue weighted by Gasteiger charge is 2.22. The van der Waals surface area contributed by atoms with Crippen LogP contribution in [0.15, 0.2) is 72.8 Å². The summed E-state index contributed by atoms with van der Waals surface area (Å²) in [5.74, 6) is 0.688. The molecule has 3 N–H and O–H groups in total. The summed E-state index contributed by atoms with van der Waals surface area (Å²) in [4.78, 5) is 34.9. The van der Waals surface area contributed by atoms with E-state index >= 15 is 0 Å². The van der Waals surface area contributed by atoms with Gasteiger partial charge in [-0.3, -0.25) is 9.59 Å². The number of carbonyl (C=O) groups excluding carboxylic acids is 2. The van der Waals surface area contributed by atoms with Crippen molar-refractivity contribution in [2.24, 2.45) is 0 Å². The van der Waals surface area contributed by atoms with Gasteiger partial charge in [0.05, 0.1) is 23.8 Å². The summed E-state index contributed by atoms with van der Waals surface area (Å²) in [5, 5.41) is 14.9. The Morgan fingerprint density at radius 3 is 2.05 bits per heavy atom. The monoisotopic (exact) mass is 502 g/mol. The van der Waals surface area contributed by atoms with Crippen LogP contribution in [0.5, 0.6) is 17.2 Å². The normalized spacial score (nSPS) is 16.9. The fraction of sp³-hybridized carbons (Fsp3) is 0.276. The summed E-state index contributed by atoms with van der Waals surface area (Å²) in [5.41, 5.74) is 1.09. The van der Waals surface area contributed by atoms with Crippen LogP contribution in [0.25, 0.3) is 0 Å². The van der Waals surface area contributed by atoms with E-state index in [9.17, 15) is 19.5 Å². The Hall–Kier alpha value is -4.33. The lowest BCUT2D eigenvalue weighted by Gasteiger charge is -2.29. The summed E-state index contributed by atoms with van der Waals surface area (Å²) >= 11 is 0. The van der Waals surface area contributed by atoms with Crippen molar-refractivity contribution in [2.75, 3.05) is 5.32 Å². The molecule has 1 fully saturated rings. The lowest BCUT2D eigenvalue weighted by molar-refractivity contribution is -0.120. The maximum atomic E-state index is 12.4. The summed E-state index contributed by atoms with van der Waals surface area (Å²) < 4.78 is 12.0. The van der Waals surface area contributed by atoms with E-state index in [1.165, 1.54) is 6.07 Å². The van der Waals surface area contributed by atoms with Crippen LogP contribution in [0.2, 0.25) is 0 Å². The molecule has 1 saturated carbocycles. The Morgan fingerprint density at radius 2 is 1.43 bits per heavy atom. The zero-order valence-corrected chi connectivity index (χ0v) is 20.6. The van der Waals surface area contributed by atoms with Crippen molar-refractivity contribution in [2.45, 2.75) is 51.2 Å². The second kappa shape index (κ2) is 12.1. The molecule has 0 heterocycles. The van der Waals surface area contributed by atoms with Gasteiger partial charge in [-0.25, -0.2) is 4.79 Å². The van der Waals surface area contributed by atoms with E-state index in [0.717, 1.165) is 37.0 Å². The van der Waals surface area contributed by atoms with Crippen molar-refractivity contribution < 1.29 is 29.0 Å². The van der Waals surface area contributed by atoms with Gasteiger partial charge in [0.2, 0.25) is 11.8 Å². The topological polar surface area (TPSA) is 114 Å². The minimum absolute atomic E-state index is 0.0132. The molecular formula is C29H30N2O6. The number of anilines is 1. The molecule has 0 saturated heterocycles. The summed E-state index contributed by atoms with van der Waals surface area (Å²) in [7, 11) is 0. The number of benzene rings is 3. The van der Waals surface area contributed by atoms with Gasteiger partial charge >= 0.3 is 5.97 Å². The second-order valence-electron chi connectivity index (χ2n) is 9.09. The average molecular weight is 503 g/mol. The van der Waals surface area contributed by atoms with Crippen molar-refractivity contribution in [1.82, 2.24) is 5.32 Å². The number of carboxylic acid groups (broad SMARTS) is 1. The fourth-order valence-corrected chi connectivity index (χ4v) is 4.36. The van der Waals surface area contributed by atoms with Crippen LogP contribution in [-0.2, 0) is 16.0 Å². The molecule has 192 valence electrons. The van der Waals surface area contributed by atoms with E-state index in [1.54, 1.807) is 49.4 Å². The molecule has 37 heavy (non-hydrogen) atoms. The molecule has 1 aliphatic carbocycles. The molecule has 4 rings (SSSR count). The Balaban J connectivity index is 1.25. The predicted octanol–water partition coefficient (Wildman–Crippen LogP) is 5.18. The van der Waals surface area contributed by atoms with Crippen molar-refractivity contribution in [1.29, 1.82) is 0 Å². The summed E-state index contributed by atoms with van der Waals surface area (Å²) in [6.45, 7) is 1.55. The van der Waals surface area contributed by atoms with Crippen molar-refractivity contribution in [3.8, 4) is 17.2 Å². The largest absolute Gasteiger partial charge is 0.490 e. The minimum atomic E-state index is -1.09. The van der Waals surface area contributed by atoms with E-state index < -0.39 is 5.97 Å². The van der Waals surface area contributed by atoms with Crippen molar-refractivity contribution in [3.63, 3.8) is 0 Å². The quantitative estimate of drug-likeness (QED) is 0.371. The van der Waals surface area contributed by atoms with Gasteiger partial charge < -0.3 is 25.2 Å². The number of para-hydroxylation sites is 1. The number of amides is 2. The van der Waals surface area contributed by atoms with Gasteiger partial charge in [0.1, 0.15) is 17.2 Å². The molecule has 8 heteroatoms. The van der Waals surface area contributed by atoms with Crippen molar-refractivity contribution >= 4 is 23.5 Å². The molecule has 3 aromatic carbocycles. The Kier molecular flexibility index (Phi) is 8.40. The zero-order valence-electron chi connectivity index (χ0n) is 20.6. The number of nitrogens with one attached hydrogen (secondary N) is 2. The third kappa shape index (κ3) is 7.57. The van der Waals surface area contributed by atoms with Crippen LogP contribution in [0.3, 0.4) is 0 Å². The SMILES string of the molecule is CC(=O)NC1CCC(Oc2ccc(Oc3ccc(CC(=O)Nc4ccccc4C(=O)O)cc3)cc2)CC1. The van der Waals surface area contributed by atoms with Crippen LogP contribution in [0.1, 0.15) is 48.5 Å².